The van der Waals surface area contributed by atoms with Gasteiger partial charge in [0.1, 0.15) is 4.90 Å². The molecule has 0 aliphatic rings. The highest BCUT2D eigenvalue weighted by molar-refractivity contribution is 7.89. The second-order valence-electron chi connectivity index (χ2n) is 6.26. The van der Waals surface area contributed by atoms with Crippen molar-refractivity contribution < 1.29 is 8.42 Å². The lowest BCUT2D eigenvalue weighted by molar-refractivity contribution is 0.559. The van der Waals surface area contributed by atoms with E-state index >= 15 is 0 Å². The third kappa shape index (κ3) is 2.97. The molecule has 7 heteroatoms. The highest BCUT2D eigenvalue weighted by atomic mass is 32.2. The Morgan fingerprint density at radius 2 is 2.08 bits per heavy atom. The molecule has 0 radical (unpaired) electrons. The van der Waals surface area contributed by atoms with Gasteiger partial charge in [0.15, 0.2) is 0 Å². The van der Waals surface area contributed by atoms with Crippen molar-refractivity contribution in [2.24, 2.45) is 7.05 Å². The number of para-hydroxylation sites is 1. The highest BCUT2D eigenvalue weighted by Crippen LogP contribution is 2.23. The van der Waals surface area contributed by atoms with Crippen LogP contribution in [-0.2, 0) is 23.5 Å². The van der Waals surface area contributed by atoms with Crippen LogP contribution < -0.4 is 4.72 Å². The van der Waals surface area contributed by atoms with Gasteiger partial charge in [0, 0.05) is 30.2 Å². The molecule has 6 nitrogen and oxygen atoms in total. The number of hydrogen-bond acceptors (Lipinski definition) is 3. The molecule has 24 heavy (non-hydrogen) atoms. The average Bonchev–Trinajstić information content (AvgIpc) is 3.05. The maximum atomic E-state index is 12.6. The van der Waals surface area contributed by atoms with E-state index in [2.05, 4.69) is 33.9 Å². The van der Waals surface area contributed by atoms with Crippen molar-refractivity contribution in [1.82, 2.24) is 19.5 Å². The van der Waals surface area contributed by atoms with Gasteiger partial charge < -0.3 is 4.98 Å². The van der Waals surface area contributed by atoms with E-state index in [1.807, 2.05) is 19.2 Å². The molecule has 0 spiro atoms. The second kappa shape index (κ2) is 6.07. The van der Waals surface area contributed by atoms with Gasteiger partial charge in [-0.1, -0.05) is 18.2 Å². The van der Waals surface area contributed by atoms with Crippen molar-refractivity contribution >= 4 is 20.9 Å². The third-order valence-corrected chi connectivity index (χ3v) is 6.06. The molecule has 0 saturated carbocycles. The maximum absolute atomic E-state index is 12.6. The Kier molecular flexibility index (Phi) is 4.23. The molecular weight excluding hydrogens is 324 g/mol. The molecule has 0 amide bonds. The lowest BCUT2D eigenvalue weighted by Crippen LogP contribution is -2.34. The molecule has 0 saturated heterocycles. The van der Waals surface area contributed by atoms with Crippen molar-refractivity contribution in [3.05, 3.63) is 47.4 Å². The second-order valence-corrected chi connectivity index (χ2v) is 7.94. The normalized spacial score (nSPS) is 13.5. The van der Waals surface area contributed by atoms with Crippen LogP contribution in [0.5, 0.6) is 0 Å². The molecule has 128 valence electrons. The minimum absolute atomic E-state index is 0.228. The first kappa shape index (κ1) is 16.7. The van der Waals surface area contributed by atoms with Crippen molar-refractivity contribution in [3.63, 3.8) is 0 Å². The van der Waals surface area contributed by atoms with E-state index in [1.54, 1.807) is 18.7 Å². The SMILES string of the molecule is Cc1cccc2c(C[C@@H](C)NS(=O)(=O)c3cnn(C)c3C)c[nH]c12. The van der Waals surface area contributed by atoms with E-state index in [1.165, 1.54) is 11.8 Å². The van der Waals surface area contributed by atoms with E-state index in [4.69, 9.17) is 0 Å². The number of aromatic amines is 1. The molecule has 0 unspecified atom stereocenters. The summed E-state index contributed by atoms with van der Waals surface area (Å²) in [6.45, 7) is 5.67. The van der Waals surface area contributed by atoms with Crippen LogP contribution in [0, 0.1) is 13.8 Å². The van der Waals surface area contributed by atoms with Crippen LogP contribution in [0.25, 0.3) is 10.9 Å². The predicted molar refractivity (Wildman–Crippen MR) is 94.5 cm³/mol. The number of fused-ring (bicyclic) bond motifs is 1. The van der Waals surface area contributed by atoms with Gasteiger partial charge in [0.25, 0.3) is 0 Å². The van der Waals surface area contributed by atoms with Gasteiger partial charge in [-0.15, -0.1) is 0 Å². The fraction of sp³-hybridized carbons (Fsp3) is 0.353. The van der Waals surface area contributed by atoms with Crippen LogP contribution in [-0.4, -0.2) is 29.2 Å². The Morgan fingerprint density at radius 3 is 2.75 bits per heavy atom. The molecule has 0 bridgehead atoms. The standard InChI is InChI=1S/C17H22N4O2S/c1-11-6-5-7-15-14(9-18-17(11)15)8-12(2)20-24(22,23)16-10-19-21(4)13(16)3/h5-7,9-10,12,18,20H,8H2,1-4H3/t12-/m1/s1. The maximum Gasteiger partial charge on any atom is 0.244 e. The van der Waals surface area contributed by atoms with E-state index in [0.717, 1.165) is 16.5 Å². The summed E-state index contributed by atoms with van der Waals surface area (Å²) in [5.41, 5.74) is 4.01. The Balaban J connectivity index is 1.81. The monoisotopic (exact) mass is 346 g/mol. The number of aryl methyl sites for hydroxylation is 2. The average molecular weight is 346 g/mol. The molecule has 2 heterocycles. The van der Waals surface area contributed by atoms with Gasteiger partial charge in [-0.2, -0.15) is 5.10 Å². The summed E-state index contributed by atoms with van der Waals surface area (Å²) in [5.74, 6) is 0. The molecule has 2 N–H and O–H groups in total. The molecule has 0 aliphatic heterocycles. The van der Waals surface area contributed by atoms with E-state index < -0.39 is 10.0 Å². The van der Waals surface area contributed by atoms with Crippen LogP contribution in [0.1, 0.15) is 23.7 Å². The van der Waals surface area contributed by atoms with Crippen molar-refractivity contribution in [2.45, 2.75) is 38.1 Å². The summed E-state index contributed by atoms with van der Waals surface area (Å²) >= 11 is 0. The summed E-state index contributed by atoms with van der Waals surface area (Å²) in [4.78, 5) is 3.51. The predicted octanol–water partition coefficient (Wildman–Crippen LogP) is 2.43. The van der Waals surface area contributed by atoms with E-state index in [-0.39, 0.29) is 10.9 Å². The quantitative estimate of drug-likeness (QED) is 0.744. The van der Waals surface area contributed by atoms with Gasteiger partial charge in [-0.25, -0.2) is 13.1 Å². The number of sulfonamides is 1. The number of nitrogens with one attached hydrogen (secondary N) is 2. The van der Waals surface area contributed by atoms with Crippen LogP contribution in [0.4, 0.5) is 0 Å². The lowest BCUT2D eigenvalue weighted by atomic mass is 10.1. The van der Waals surface area contributed by atoms with Gasteiger partial charge >= 0.3 is 0 Å². The number of H-pyrrole nitrogens is 1. The highest BCUT2D eigenvalue weighted by Gasteiger charge is 2.22. The molecule has 0 fully saturated rings. The van der Waals surface area contributed by atoms with E-state index in [0.29, 0.717) is 12.1 Å². The van der Waals surface area contributed by atoms with Crippen molar-refractivity contribution in [3.8, 4) is 0 Å². The molecule has 1 atom stereocenters. The topological polar surface area (TPSA) is 79.8 Å². The zero-order chi connectivity index (χ0) is 17.5. The number of nitrogens with zero attached hydrogens (tertiary/aromatic N) is 2. The lowest BCUT2D eigenvalue weighted by Gasteiger charge is -2.13. The molecule has 3 aromatic rings. The van der Waals surface area contributed by atoms with Gasteiger partial charge in [-0.3, -0.25) is 4.68 Å². The minimum Gasteiger partial charge on any atom is -0.361 e. The Bertz CT molecular complexity index is 985. The Labute approximate surface area is 141 Å². The zero-order valence-electron chi connectivity index (χ0n) is 14.3. The summed E-state index contributed by atoms with van der Waals surface area (Å²) < 4.78 is 29.4. The van der Waals surface area contributed by atoms with Crippen LogP contribution in [0.15, 0.2) is 35.5 Å². The fourth-order valence-electron chi connectivity index (χ4n) is 2.98. The van der Waals surface area contributed by atoms with Gasteiger partial charge in [0.2, 0.25) is 10.0 Å². The van der Waals surface area contributed by atoms with Gasteiger partial charge in [0.05, 0.1) is 11.9 Å². The van der Waals surface area contributed by atoms with Gasteiger partial charge in [-0.05, 0) is 38.3 Å². The van der Waals surface area contributed by atoms with Crippen LogP contribution >= 0.6 is 0 Å². The fourth-order valence-corrected chi connectivity index (χ4v) is 4.42. The van der Waals surface area contributed by atoms with Crippen LogP contribution in [0.3, 0.4) is 0 Å². The van der Waals surface area contributed by atoms with Crippen molar-refractivity contribution in [1.29, 1.82) is 0 Å². The molecule has 2 aromatic heterocycles. The first-order valence-electron chi connectivity index (χ1n) is 7.86. The number of rotatable bonds is 5. The molecule has 3 rings (SSSR count). The summed E-state index contributed by atoms with van der Waals surface area (Å²) in [5, 5.41) is 5.15. The van der Waals surface area contributed by atoms with E-state index in [9.17, 15) is 8.42 Å². The number of benzene rings is 1. The minimum atomic E-state index is -3.58. The summed E-state index contributed by atoms with van der Waals surface area (Å²) in [6, 6.07) is 5.90. The largest absolute Gasteiger partial charge is 0.361 e. The number of aromatic nitrogens is 3. The number of hydrogen-bond donors (Lipinski definition) is 2. The zero-order valence-corrected chi connectivity index (χ0v) is 15.1. The summed E-state index contributed by atoms with van der Waals surface area (Å²) in [6.07, 6.45) is 3.96. The smallest absolute Gasteiger partial charge is 0.244 e. The first-order valence-corrected chi connectivity index (χ1v) is 9.34. The van der Waals surface area contributed by atoms with Crippen molar-refractivity contribution in [2.75, 3.05) is 0 Å². The molecular formula is C17H22N4O2S. The Morgan fingerprint density at radius 1 is 1.33 bits per heavy atom. The Hall–Kier alpha value is -2.12. The molecule has 1 aromatic carbocycles. The summed E-state index contributed by atoms with van der Waals surface area (Å²) in [7, 11) is -1.85. The third-order valence-electron chi connectivity index (χ3n) is 4.37. The molecule has 0 aliphatic carbocycles. The first-order chi connectivity index (χ1) is 11.3. The van der Waals surface area contributed by atoms with Crippen LogP contribution in [0.2, 0.25) is 0 Å².